The van der Waals surface area contributed by atoms with E-state index in [0.29, 0.717) is 11.3 Å². The van der Waals surface area contributed by atoms with E-state index in [1.807, 2.05) is 18.2 Å². The van der Waals surface area contributed by atoms with E-state index in [9.17, 15) is 8.42 Å². The molecule has 2 aliphatic rings. The van der Waals surface area contributed by atoms with Crippen molar-refractivity contribution in [2.45, 2.75) is 48.7 Å². The number of fused-ring (bicyclic) bond motifs is 5. The van der Waals surface area contributed by atoms with Gasteiger partial charge in [0.25, 0.3) is 0 Å². The van der Waals surface area contributed by atoms with Crippen LogP contribution in [0.1, 0.15) is 41.5 Å². The van der Waals surface area contributed by atoms with Crippen molar-refractivity contribution >= 4 is 9.84 Å². The van der Waals surface area contributed by atoms with Gasteiger partial charge in [0.05, 0.1) is 10.1 Å². The third kappa shape index (κ3) is 2.64. The Hall–Kier alpha value is -2.39. The van der Waals surface area contributed by atoms with Crippen LogP contribution in [0.15, 0.2) is 71.6 Å². The molecule has 2 aliphatic carbocycles. The van der Waals surface area contributed by atoms with Crippen molar-refractivity contribution in [3.63, 3.8) is 0 Å². The first-order valence-electron chi connectivity index (χ1n) is 10.1. The van der Waals surface area contributed by atoms with Crippen LogP contribution in [0.3, 0.4) is 0 Å². The summed E-state index contributed by atoms with van der Waals surface area (Å²) in [6.07, 6.45) is 3.67. The predicted octanol–water partition coefficient (Wildman–Crippen LogP) is 5.34. The molecule has 142 valence electrons. The van der Waals surface area contributed by atoms with Gasteiger partial charge in [-0.1, -0.05) is 61.5 Å². The molecule has 2 atom stereocenters. The molecule has 2 nitrogen and oxygen atoms in total. The van der Waals surface area contributed by atoms with E-state index in [2.05, 4.69) is 43.3 Å². The molecule has 3 aromatic rings. The van der Waals surface area contributed by atoms with Gasteiger partial charge in [0.1, 0.15) is 0 Å². The largest absolute Gasteiger partial charge is 0.223 e. The summed E-state index contributed by atoms with van der Waals surface area (Å²) in [5.74, 6) is 0.0106. The van der Waals surface area contributed by atoms with E-state index < -0.39 is 9.84 Å². The van der Waals surface area contributed by atoms with Crippen LogP contribution in [0.25, 0.3) is 11.1 Å². The highest BCUT2D eigenvalue weighted by molar-refractivity contribution is 7.92. The summed E-state index contributed by atoms with van der Waals surface area (Å²) in [7, 11) is -3.32. The Labute approximate surface area is 167 Å². The van der Waals surface area contributed by atoms with Crippen LogP contribution in [0.5, 0.6) is 0 Å². The number of hydrogen-bond acceptors (Lipinski definition) is 2. The van der Waals surface area contributed by atoms with Crippen LogP contribution in [-0.4, -0.2) is 13.7 Å². The fourth-order valence-electron chi connectivity index (χ4n) is 5.18. The van der Waals surface area contributed by atoms with Crippen molar-refractivity contribution in [3.8, 4) is 11.1 Å². The average molecular weight is 389 g/mol. The molecule has 0 spiro atoms. The van der Waals surface area contributed by atoms with Crippen LogP contribution in [0, 0.1) is 0 Å². The third-order valence-electron chi connectivity index (χ3n) is 6.62. The van der Waals surface area contributed by atoms with Crippen LogP contribution in [-0.2, 0) is 29.1 Å². The summed E-state index contributed by atoms with van der Waals surface area (Å²) >= 11 is 0. The molecular formula is C25H24O2S. The lowest BCUT2D eigenvalue weighted by Gasteiger charge is -2.34. The Kier molecular flexibility index (Phi) is 4.17. The number of benzene rings is 3. The van der Waals surface area contributed by atoms with Gasteiger partial charge in [-0.25, -0.2) is 8.42 Å². The van der Waals surface area contributed by atoms with E-state index in [1.165, 1.54) is 33.4 Å². The van der Waals surface area contributed by atoms with E-state index in [-0.39, 0.29) is 11.2 Å². The average Bonchev–Trinajstić information content (AvgIpc) is 2.74. The number of rotatable bonds is 2. The first kappa shape index (κ1) is 17.7. The Morgan fingerprint density at radius 2 is 1.50 bits per heavy atom. The van der Waals surface area contributed by atoms with Crippen molar-refractivity contribution in [3.05, 3.63) is 89.0 Å². The molecule has 0 saturated heterocycles. The molecule has 0 radical (unpaired) electrons. The van der Waals surface area contributed by atoms with Crippen LogP contribution in [0.2, 0.25) is 0 Å². The molecule has 0 N–H and O–H groups in total. The molecule has 0 aliphatic heterocycles. The minimum atomic E-state index is -3.32. The van der Waals surface area contributed by atoms with E-state index in [1.54, 1.807) is 12.1 Å². The van der Waals surface area contributed by atoms with Gasteiger partial charge in [0.2, 0.25) is 0 Å². The molecule has 0 heterocycles. The number of hydrogen-bond donors (Lipinski definition) is 0. The predicted molar refractivity (Wildman–Crippen MR) is 113 cm³/mol. The molecule has 2 unspecified atom stereocenters. The zero-order valence-corrected chi connectivity index (χ0v) is 16.9. The Balaban J connectivity index is 1.57. The zero-order valence-electron chi connectivity index (χ0n) is 16.1. The molecule has 5 rings (SSSR count). The van der Waals surface area contributed by atoms with Gasteiger partial charge in [-0.15, -0.1) is 0 Å². The topological polar surface area (TPSA) is 34.1 Å². The molecule has 0 saturated carbocycles. The van der Waals surface area contributed by atoms with Crippen molar-refractivity contribution < 1.29 is 8.42 Å². The van der Waals surface area contributed by atoms with E-state index >= 15 is 0 Å². The maximum absolute atomic E-state index is 13.3. The molecule has 0 fully saturated rings. The van der Waals surface area contributed by atoms with Crippen molar-refractivity contribution in [1.29, 1.82) is 0 Å². The molecule has 0 bridgehead atoms. The van der Waals surface area contributed by atoms with Crippen LogP contribution in [0.4, 0.5) is 0 Å². The molecule has 3 aromatic carbocycles. The molecule has 28 heavy (non-hydrogen) atoms. The van der Waals surface area contributed by atoms with Gasteiger partial charge in [-0.2, -0.15) is 0 Å². The van der Waals surface area contributed by atoms with Gasteiger partial charge in [-0.3, -0.25) is 0 Å². The SMILES string of the molecule is CC1c2ccc3c(c2CCC1S(=O)(=O)c1ccccc1)CCc1ccccc1-3. The monoisotopic (exact) mass is 388 g/mol. The van der Waals surface area contributed by atoms with Gasteiger partial charge >= 0.3 is 0 Å². The second kappa shape index (κ2) is 6.59. The van der Waals surface area contributed by atoms with Gasteiger partial charge < -0.3 is 0 Å². The Morgan fingerprint density at radius 3 is 2.32 bits per heavy atom. The normalized spacial score (nSPS) is 20.8. The first-order valence-corrected chi connectivity index (χ1v) is 11.6. The molecule has 0 amide bonds. The first-order chi connectivity index (χ1) is 13.6. The summed E-state index contributed by atoms with van der Waals surface area (Å²) in [6, 6.07) is 22.0. The van der Waals surface area contributed by atoms with Gasteiger partial charge in [-0.05, 0) is 77.1 Å². The Bertz CT molecular complexity index is 1150. The highest BCUT2D eigenvalue weighted by atomic mass is 32.2. The zero-order chi connectivity index (χ0) is 19.3. The smallest absolute Gasteiger partial charge is 0.181 e. The summed E-state index contributed by atoms with van der Waals surface area (Å²) in [5, 5.41) is -0.351. The van der Waals surface area contributed by atoms with Crippen molar-refractivity contribution in [2.75, 3.05) is 0 Å². The quantitative estimate of drug-likeness (QED) is 0.593. The summed E-state index contributed by atoms with van der Waals surface area (Å²) < 4.78 is 26.5. The minimum absolute atomic E-state index is 0.0106. The fraction of sp³-hybridized carbons (Fsp3) is 0.280. The summed E-state index contributed by atoms with van der Waals surface area (Å²) in [5.41, 5.74) is 8.19. The van der Waals surface area contributed by atoms with Gasteiger partial charge in [0, 0.05) is 0 Å². The minimum Gasteiger partial charge on any atom is -0.223 e. The highest BCUT2D eigenvalue weighted by Crippen LogP contribution is 2.44. The lowest BCUT2D eigenvalue weighted by atomic mass is 9.75. The van der Waals surface area contributed by atoms with Crippen LogP contribution >= 0.6 is 0 Å². The lowest BCUT2D eigenvalue weighted by molar-refractivity contribution is 0.529. The standard InChI is InChI=1S/C25H24O2S/c1-17-20-13-14-23-21-10-6-5-7-18(21)11-12-24(23)22(20)15-16-25(17)28(26,27)19-8-3-2-4-9-19/h2-10,13-14,17,25H,11-12,15-16H2,1H3. The lowest BCUT2D eigenvalue weighted by Crippen LogP contribution is -2.32. The maximum atomic E-state index is 13.3. The molecule has 0 aromatic heterocycles. The Morgan fingerprint density at radius 1 is 0.750 bits per heavy atom. The van der Waals surface area contributed by atoms with E-state index in [0.717, 1.165) is 19.3 Å². The van der Waals surface area contributed by atoms with Crippen LogP contribution < -0.4 is 0 Å². The fourth-order valence-corrected chi connectivity index (χ4v) is 7.18. The van der Waals surface area contributed by atoms with Crippen molar-refractivity contribution in [2.24, 2.45) is 0 Å². The van der Waals surface area contributed by atoms with E-state index in [4.69, 9.17) is 0 Å². The molecular weight excluding hydrogens is 364 g/mol. The highest BCUT2D eigenvalue weighted by Gasteiger charge is 2.38. The second-order valence-corrected chi connectivity index (χ2v) is 10.2. The molecule has 3 heteroatoms. The number of aryl methyl sites for hydroxylation is 1. The third-order valence-corrected chi connectivity index (χ3v) is 8.99. The second-order valence-electron chi connectivity index (χ2n) is 8.04. The van der Waals surface area contributed by atoms with Gasteiger partial charge in [0.15, 0.2) is 9.84 Å². The maximum Gasteiger partial charge on any atom is 0.181 e. The van der Waals surface area contributed by atoms with Crippen molar-refractivity contribution in [1.82, 2.24) is 0 Å². The number of sulfone groups is 1. The summed E-state index contributed by atoms with van der Waals surface area (Å²) in [6.45, 7) is 2.09. The summed E-state index contributed by atoms with van der Waals surface area (Å²) in [4.78, 5) is 0.446.